The van der Waals surface area contributed by atoms with Crippen LogP contribution in [0.15, 0.2) is 0 Å². The van der Waals surface area contributed by atoms with E-state index in [0.717, 1.165) is 19.3 Å². The number of methoxy groups -OCH3 is 1. The van der Waals surface area contributed by atoms with Gasteiger partial charge < -0.3 is 20.7 Å². The van der Waals surface area contributed by atoms with E-state index >= 15 is 0 Å². The summed E-state index contributed by atoms with van der Waals surface area (Å²) < 4.78 is 4.86. The topological polar surface area (TPSA) is 84.7 Å². The van der Waals surface area contributed by atoms with Gasteiger partial charge in [0.05, 0.1) is 6.61 Å². The van der Waals surface area contributed by atoms with Crippen LogP contribution in [0.3, 0.4) is 0 Å². The highest BCUT2D eigenvalue weighted by Gasteiger charge is 2.29. The summed E-state index contributed by atoms with van der Waals surface area (Å²) in [5.41, 5.74) is 5.68. The van der Waals surface area contributed by atoms with E-state index in [9.17, 15) is 9.59 Å². The van der Waals surface area contributed by atoms with Gasteiger partial charge in [-0.2, -0.15) is 0 Å². The van der Waals surface area contributed by atoms with Crippen molar-refractivity contribution in [2.75, 3.05) is 27.8 Å². The lowest BCUT2D eigenvalue weighted by Gasteiger charge is -2.31. The van der Waals surface area contributed by atoms with Gasteiger partial charge in [-0.05, 0) is 19.3 Å². The summed E-state index contributed by atoms with van der Waals surface area (Å²) in [6.07, 6.45) is 3.45. The van der Waals surface area contributed by atoms with E-state index in [2.05, 4.69) is 5.32 Å². The van der Waals surface area contributed by atoms with E-state index in [4.69, 9.17) is 10.5 Å². The number of rotatable bonds is 5. The number of hydrogen-bond acceptors (Lipinski definition) is 4. The van der Waals surface area contributed by atoms with E-state index in [1.54, 1.807) is 19.0 Å². The molecule has 0 aromatic heterocycles. The first kappa shape index (κ1) is 15.9. The van der Waals surface area contributed by atoms with Crippen LogP contribution in [0.2, 0.25) is 0 Å². The normalized spacial score (nSPS) is 24.6. The van der Waals surface area contributed by atoms with Crippen LogP contribution < -0.4 is 11.1 Å². The predicted octanol–water partition coefficient (Wildman–Crippen LogP) is -0.277. The van der Waals surface area contributed by atoms with Crippen LogP contribution in [0, 0.1) is 5.92 Å². The minimum atomic E-state index is -0.644. The highest BCUT2D eigenvalue weighted by atomic mass is 16.5. The van der Waals surface area contributed by atoms with Crippen molar-refractivity contribution in [3.8, 4) is 0 Å². The number of carbonyl (C=O) groups excluding carboxylic acids is 2. The molecule has 3 N–H and O–H groups in total. The third kappa shape index (κ3) is 4.80. The van der Waals surface area contributed by atoms with Crippen molar-refractivity contribution in [3.05, 3.63) is 0 Å². The Hall–Kier alpha value is -1.14. The summed E-state index contributed by atoms with van der Waals surface area (Å²) in [6.45, 7) is 0.207. The van der Waals surface area contributed by atoms with E-state index in [0.29, 0.717) is 6.42 Å². The second-order valence-corrected chi connectivity index (χ2v) is 5.36. The van der Waals surface area contributed by atoms with Crippen LogP contribution >= 0.6 is 0 Å². The molecule has 0 spiro atoms. The molecule has 1 rings (SSSR count). The second kappa shape index (κ2) is 7.45. The third-order valence-electron chi connectivity index (χ3n) is 3.49. The average molecular weight is 271 g/mol. The van der Waals surface area contributed by atoms with E-state index in [1.165, 1.54) is 7.11 Å². The minimum Gasteiger partial charge on any atom is -0.383 e. The zero-order chi connectivity index (χ0) is 14.4. The first-order valence-electron chi connectivity index (χ1n) is 6.71. The highest BCUT2D eigenvalue weighted by molar-refractivity contribution is 5.82. The van der Waals surface area contributed by atoms with Gasteiger partial charge in [0.25, 0.3) is 0 Å². The molecule has 2 amide bonds. The number of amides is 2. The van der Waals surface area contributed by atoms with Crippen LogP contribution in [-0.2, 0) is 14.3 Å². The number of nitrogens with zero attached hydrogens (tertiary/aromatic N) is 1. The molecule has 19 heavy (non-hydrogen) atoms. The van der Waals surface area contributed by atoms with Gasteiger partial charge in [0.1, 0.15) is 6.04 Å². The minimum absolute atomic E-state index is 0.00713. The van der Waals surface area contributed by atoms with Crippen LogP contribution in [-0.4, -0.2) is 56.6 Å². The molecule has 0 radical (unpaired) electrons. The Labute approximate surface area is 114 Å². The first-order valence-corrected chi connectivity index (χ1v) is 6.71. The SMILES string of the molecule is COCC(N)C(=O)NC1CCCC(C(=O)N(C)C)C1. The Morgan fingerprint density at radius 1 is 1.42 bits per heavy atom. The zero-order valence-electron chi connectivity index (χ0n) is 12.0. The van der Waals surface area contributed by atoms with Crippen molar-refractivity contribution in [1.29, 1.82) is 0 Å². The quantitative estimate of drug-likeness (QED) is 0.720. The summed E-state index contributed by atoms with van der Waals surface area (Å²) in [5.74, 6) is -0.0577. The number of nitrogens with one attached hydrogen (secondary N) is 1. The molecule has 3 atom stereocenters. The Kier molecular flexibility index (Phi) is 6.24. The molecule has 0 saturated heterocycles. The zero-order valence-corrected chi connectivity index (χ0v) is 12.0. The molecule has 0 heterocycles. The molecular weight excluding hydrogens is 246 g/mol. The molecule has 3 unspecified atom stereocenters. The molecule has 0 bridgehead atoms. The first-order chi connectivity index (χ1) is 8.95. The van der Waals surface area contributed by atoms with Crippen molar-refractivity contribution in [1.82, 2.24) is 10.2 Å². The summed E-state index contributed by atoms with van der Waals surface area (Å²) in [4.78, 5) is 25.4. The molecule has 6 heteroatoms. The van der Waals surface area contributed by atoms with Crippen molar-refractivity contribution < 1.29 is 14.3 Å². The lowest BCUT2D eigenvalue weighted by Crippen LogP contribution is -2.49. The van der Waals surface area contributed by atoms with Gasteiger partial charge in [-0.15, -0.1) is 0 Å². The van der Waals surface area contributed by atoms with Crippen molar-refractivity contribution in [2.45, 2.75) is 37.8 Å². The van der Waals surface area contributed by atoms with Crippen LogP contribution in [0.4, 0.5) is 0 Å². The largest absolute Gasteiger partial charge is 0.383 e. The Bertz CT molecular complexity index is 320. The summed E-state index contributed by atoms with van der Waals surface area (Å²) in [5, 5.41) is 2.91. The molecule has 1 saturated carbocycles. The van der Waals surface area contributed by atoms with Crippen molar-refractivity contribution in [2.24, 2.45) is 11.7 Å². The smallest absolute Gasteiger partial charge is 0.239 e. The molecule has 1 fully saturated rings. The van der Waals surface area contributed by atoms with Gasteiger partial charge in [-0.1, -0.05) is 6.42 Å². The molecule has 0 aromatic carbocycles. The van der Waals surface area contributed by atoms with E-state index in [-0.39, 0.29) is 30.4 Å². The molecule has 0 aliphatic heterocycles. The fourth-order valence-electron chi connectivity index (χ4n) is 2.47. The molecular formula is C13H25N3O3. The number of ether oxygens (including phenoxy) is 1. The van der Waals surface area contributed by atoms with Gasteiger partial charge >= 0.3 is 0 Å². The maximum atomic E-state index is 11.9. The number of nitrogens with two attached hydrogens (primary N) is 1. The average Bonchev–Trinajstić information content (AvgIpc) is 2.38. The molecule has 0 aromatic rings. The molecule has 1 aliphatic rings. The Morgan fingerprint density at radius 2 is 2.11 bits per heavy atom. The predicted molar refractivity (Wildman–Crippen MR) is 72.4 cm³/mol. The summed E-state index contributed by atoms with van der Waals surface area (Å²) in [6, 6.07) is -0.604. The van der Waals surface area contributed by atoms with Gasteiger partial charge in [0.15, 0.2) is 0 Å². The Balaban J connectivity index is 2.47. The lowest BCUT2D eigenvalue weighted by atomic mass is 9.84. The van der Waals surface area contributed by atoms with Gasteiger partial charge in [-0.3, -0.25) is 9.59 Å². The van der Waals surface area contributed by atoms with Crippen LogP contribution in [0.25, 0.3) is 0 Å². The third-order valence-corrected chi connectivity index (χ3v) is 3.49. The molecule has 110 valence electrons. The standard InChI is InChI=1S/C13H25N3O3/c1-16(2)13(18)9-5-4-6-10(7-9)15-12(17)11(14)8-19-3/h9-11H,4-8,14H2,1-3H3,(H,15,17). The summed E-state index contributed by atoms with van der Waals surface area (Å²) >= 11 is 0. The lowest BCUT2D eigenvalue weighted by molar-refractivity contribution is -0.135. The fraction of sp³-hybridized carbons (Fsp3) is 0.846. The van der Waals surface area contributed by atoms with E-state index < -0.39 is 6.04 Å². The maximum absolute atomic E-state index is 11.9. The maximum Gasteiger partial charge on any atom is 0.239 e. The monoisotopic (exact) mass is 271 g/mol. The van der Waals surface area contributed by atoms with Gasteiger partial charge in [-0.25, -0.2) is 0 Å². The van der Waals surface area contributed by atoms with Gasteiger partial charge in [0.2, 0.25) is 11.8 Å². The number of carbonyl (C=O) groups is 2. The van der Waals surface area contributed by atoms with Crippen molar-refractivity contribution >= 4 is 11.8 Å². The fourth-order valence-corrected chi connectivity index (χ4v) is 2.47. The molecule has 6 nitrogen and oxygen atoms in total. The number of hydrogen-bond donors (Lipinski definition) is 2. The van der Waals surface area contributed by atoms with Gasteiger partial charge in [0, 0.05) is 33.2 Å². The highest BCUT2D eigenvalue weighted by Crippen LogP contribution is 2.25. The molecule has 1 aliphatic carbocycles. The van der Waals surface area contributed by atoms with E-state index in [1.807, 2.05) is 0 Å². The Morgan fingerprint density at radius 3 is 2.68 bits per heavy atom. The van der Waals surface area contributed by atoms with Crippen molar-refractivity contribution in [3.63, 3.8) is 0 Å². The second-order valence-electron chi connectivity index (χ2n) is 5.36. The summed E-state index contributed by atoms with van der Waals surface area (Å²) in [7, 11) is 5.04. The van der Waals surface area contributed by atoms with Crippen LogP contribution in [0.1, 0.15) is 25.7 Å². The van der Waals surface area contributed by atoms with Crippen LogP contribution in [0.5, 0.6) is 0 Å².